The molecule has 0 N–H and O–H groups in total. The summed E-state index contributed by atoms with van der Waals surface area (Å²) in [6, 6.07) is 4.04. The highest BCUT2D eigenvalue weighted by Gasteiger charge is 2.13. The molecule has 0 unspecified atom stereocenters. The van der Waals surface area contributed by atoms with Crippen molar-refractivity contribution in [3.8, 4) is 5.75 Å². The predicted molar refractivity (Wildman–Crippen MR) is 59.6 cm³/mol. The first-order valence-electron chi connectivity index (χ1n) is 5.59. The summed E-state index contributed by atoms with van der Waals surface area (Å²) in [4.78, 5) is 10.9. The normalized spacial score (nSPS) is 14.5. The minimum atomic E-state index is 0.611. The number of hydrogen-bond acceptors (Lipinski definition) is 2. The number of aryl methyl sites for hydroxylation is 2. The quantitative estimate of drug-likeness (QED) is 0.708. The molecule has 2 rings (SSSR count). The monoisotopic (exact) mass is 204 g/mol. The summed E-state index contributed by atoms with van der Waals surface area (Å²) in [5.41, 5.74) is 3.37. The van der Waals surface area contributed by atoms with Crippen LogP contribution < -0.4 is 4.74 Å². The van der Waals surface area contributed by atoms with Gasteiger partial charge in [0, 0.05) is 0 Å². The van der Waals surface area contributed by atoms with Crippen LogP contribution in [0.4, 0.5) is 0 Å². The maximum absolute atomic E-state index is 10.9. The molecular weight excluding hydrogens is 188 g/mol. The van der Waals surface area contributed by atoms with Gasteiger partial charge in [0.1, 0.15) is 5.75 Å². The number of benzene rings is 1. The lowest BCUT2D eigenvalue weighted by molar-refractivity contribution is 0.111. The van der Waals surface area contributed by atoms with E-state index in [9.17, 15) is 4.79 Å². The molecule has 2 heteroatoms. The molecule has 80 valence electrons. The highest BCUT2D eigenvalue weighted by molar-refractivity contribution is 5.80. The second-order valence-electron chi connectivity index (χ2n) is 3.92. The van der Waals surface area contributed by atoms with Crippen molar-refractivity contribution >= 4 is 6.29 Å². The Hall–Kier alpha value is -1.31. The van der Waals surface area contributed by atoms with Gasteiger partial charge in [0.25, 0.3) is 0 Å². The number of rotatable bonds is 3. The average Bonchev–Trinajstić information content (AvgIpc) is 2.28. The summed E-state index contributed by atoms with van der Waals surface area (Å²) in [5.74, 6) is 0.744. The fraction of sp³-hybridized carbons (Fsp3) is 0.462. The van der Waals surface area contributed by atoms with Gasteiger partial charge < -0.3 is 4.74 Å². The van der Waals surface area contributed by atoms with E-state index in [0.29, 0.717) is 12.2 Å². The van der Waals surface area contributed by atoms with Gasteiger partial charge in [0.05, 0.1) is 12.2 Å². The van der Waals surface area contributed by atoms with Crippen LogP contribution in [0, 0.1) is 0 Å². The van der Waals surface area contributed by atoms with Crippen LogP contribution in [0.5, 0.6) is 5.75 Å². The van der Waals surface area contributed by atoms with E-state index in [-0.39, 0.29) is 0 Å². The summed E-state index contributed by atoms with van der Waals surface area (Å²) < 4.78 is 5.46. The molecule has 0 heterocycles. The van der Waals surface area contributed by atoms with Crippen LogP contribution in [0.2, 0.25) is 0 Å². The second kappa shape index (κ2) is 4.47. The Balaban J connectivity index is 2.41. The Kier molecular flexibility index (Phi) is 3.05. The van der Waals surface area contributed by atoms with Crippen LogP contribution in [0.1, 0.15) is 41.3 Å². The maximum atomic E-state index is 10.9. The SMILES string of the molecule is CCOc1cc2c(cc1C=O)CCCC2. The molecule has 0 spiro atoms. The lowest BCUT2D eigenvalue weighted by Crippen LogP contribution is -2.05. The van der Waals surface area contributed by atoms with Crippen molar-refractivity contribution in [3.05, 3.63) is 28.8 Å². The molecule has 0 radical (unpaired) electrons. The molecule has 1 aliphatic rings. The van der Waals surface area contributed by atoms with Crippen molar-refractivity contribution in [2.75, 3.05) is 6.61 Å². The smallest absolute Gasteiger partial charge is 0.153 e. The summed E-state index contributed by atoms with van der Waals surface area (Å²) >= 11 is 0. The molecule has 2 nitrogen and oxygen atoms in total. The summed E-state index contributed by atoms with van der Waals surface area (Å²) in [6.45, 7) is 2.55. The summed E-state index contributed by atoms with van der Waals surface area (Å²) in [6.07, 6.45) is 5.59. The average molecular weight is 204 g/mol. The maximum Gasteiger partial charge on any atom is 0.153 e. The lowest BCUT2D eigenvalue weighted by Gasteiger charge is -2.18. The third-order valence-corrected chi connectivity index (χ3v) is 2.90. The zero-order chi connectivity index (χ0) is 10.7. The first kappa shape index (κ1) is 10.2. The van der Waals surface area contributed by atoms with E-state index >= 15 is 0 Å². The molecule has 1 aromatic rings. The topological polar surface area (TPSA) is 26.3 Å². The minimum Gasteiger partial charge on any atom is -0.493 e. The Morgan fingerprint density at radius 3 is 2.53 bits per heavy atom. The summed E-state index contributed by atoms with van der Waals surface area (Å²) in [7, 11) is 0. The number of ether oxygens (including phenoxy) is 1. The first-order chi connectivity index (χ1) is 7.35. The fourth-order valence-electron chi connectivity index (χ4n) is 2.15. The van der Waals surface area contributed by atoms with Crippen LogP contribution in [-0.2, 0) is 12.8 Å². The largest absolute Gasteiger partial charge is 0.493 e. The standard InChI is InChI=1S/C13H16O2/c1-2-15-13-8-11-6-4-3-5-10(11)7-12(13)9-14/h7-9H,2-6H2,1H3. The molecule has 1 aromatic carbocycles. The third-order valence-electron chi connectivity index (χ3n) is 2.90. The zero-order valence-corrected chi connectivity index (χ0v) is 9.08. The van der Waals surface area contributed by atoms with E-state index in [1.54, 1.807) is 0 Å². The van der Waals surface area contributed by atoms with Crippen LogP contribution >= 0.6 is 0 Å². The molecule has 15 heavy (non-hydrogen) atoms. The van der Waals surface area contributed by atoms with Gasteiger partial charge in [0.15, 0.2) is 6.29 Å². The Bertz CT molecular complexity index is 369. The van der Waals surface area contributed by atoms with E-state index < -0.39 is 0 Å². The van der Waals surface area contributed by atoms with Crippen molar-refractivity contribution in [3.63, 3.8) is 0 Å². The van der Waals surface area contributed by atoms with Crippen LogP contribution in [0.3, 0.4) is 0 Å². The van der Waals surface area contributed by atoms with Gasteiger partial charge in [-0.15, -0.1) is 0 Å². The minimum absolute atomic E-state index is 0.611. The van der Waals surface area contributed by atoms with Crippen LogP contribution in [0.15, 0.2) is 12.1 Å². The Morgan fingerprint density at radius 2 is 1.93 bits per heavy atom. The lowest BCUT2D eigenvalue weighted by atomic mass is 9.90. The molecule has 0 aliphatic heterocycles. The molecule has 0 atom stereocenters. The van der Waals surface area contributed by atoms with Crippen molar-refractivity contribution in [2.24, 2.45) is 0 Å². The highest BCUT2D eigenvalue weighted by Crippen LogP contribution is 2.28. The van der Waals surface area contributed by atoms with E-state index in [0.717, 1.165) is 24.9 Å². The third kappa shape index (κ3) is 2.04. The first-order valence-corrected chi connectivity index (χ1v) is 5.59. The highest BCUT2D eigenvalue weighted by atomic mass is 16.5. The van der Waals surface area contributed by atoms with E-state index in [2.05, 4.69) is 0 Å². The number of fused-ring (bicyclic) bond motifs is 1. The van der Waals surface area contributed by atoms with Crippen molar-refractivity contribution < 1.29 is 9.53 Å². The summed E-state index contributed by atoms with van der Waals surface area (Å²) in [5, 5.41) is 0. The predicted octanol–water partition coefficient (Wildman–Crippen LogP) is 2.78. The van der Waals surface area contributed by atoms with Gasteiger partial charge in [-0.3, -0.25) is 4.79 Å². The van der Waals surface area contributed by atoms with Crippen molar-refractivity contribution in [2.45, 2.75) is 32.6 Å². The molecule has 0 bridgehead atoms. The molecule has 0 saturated carbocycles. The number of carbonyl (C=O) groups is 1. The molecule has 0 fully saturated rings. The Morgan fingerprint density at radius 1 is 1.27 bits per heavy atom. The van der Waals surface area contributed by atoms with Crippen molar-refractivity contribution in [1.29, 1.82) is 0 Å². The molecule has 1 aliphatic carbocycles. The van der Waals surface area contributed by atoms with Gasteiger partial charge in [-0.1, -0.05) is 0 Å². The van der Waals surface area contributed by atoms with E-state index in [1.807, 2.05) is 19.1 Å². The van der Waals surface area contributed by atoms with Gasteiger partial charge in [-0.25, -0.2) is 0 Å². The van der Waals surface area contributed by atoms with Gasteiger partial charge in [0.2, 0.25) is 0 Å². The van der Waals surface area contributed by atoms with E-state index in [4.69, 9.17) is 4.74 Å². The van der Waals surface area contributed by atoms with Crippen LogP contribution in [0.25, 0.3) is 0 Å². The number of hydrogen-bond donors (Lipinski definition) is 0. The van der Waals surface area contributed by atoms with Crippen molar-refractivity contribution in [1.82, 2.24) is 0 Å². The molecule has 0 amide bonds. The molecule has 0 saturated heterocycles. The molecular formula is C13H16O2. The van der Waals surface area contributed by atoms with E-state index in [1.165, 1.54) is 24.0 Å². The van der Waals surface area contributed by atoms with Gasteiger partial charge in [-0.2, -0.15) is 0 Å². The van der Waals surface area contributed by atoms with Crippen LogP contribution in [-0.4, -0.2) is 12.9 Å². The zero-order valence-electron chi connectivity index (χ0n) is 9.08. The second-order valence-corrected chi connectivity index (χ2v) is 3.92. The van der Waals surface area contributed by atoms with Gasteiger partial charge >= 0.3 is 0 Å². The fourth-order valence-corrected chi connectivity index (χ4v) is 2.15. The Labute approximate surface area is 90.3 Å². The number of aldehydes is 1. The molecule has 0 aromatic heterocycles. The van der Waals surface area contributed by atoms with Gasteiger partial charge in [-0.05, 0) is 55.9 Å². The number of carbonyl (C=O) groups excluding carboxylic acids is 1.